The third kappa shape index (κ3) is 8.07. The molecule has 2 N–H and O–H groups in total. The van der Waals surface area contributed by atoms with Crippen LogP contribution in [0.25, 0.3) is 0 Å². The number of piperidine rings is 1. The summed E-state index contributed by atoms with van der Waals surface area (Å²) < 4.78 is 36.7. The Morgan fingerprint density at radius 2 is 1.94 bits per heavy atom. The van der Waals surface area contributed by atoms with E-state index in [1.807, 2.05) is 6.07 Å². The summed E-state index contributed by atoms with van der Waals surface area (Å²) in [6.45, 7) is 10.6. The predicted molar refractivity (Wildman–Crippen MR) is 123 cm³/mol. The van der Waals surface area contributed by atoms with E-state index in [9.17, 15) is 23.3 Å². The van der Waals surface area contributed by atoms with Crippen molar-refractivity contribution in [2.24, 2.45) is 0 Å². The number of nitrogens with one attached hydrogen (secondary N) is 2. The highest BCUT2D eigenvalue weighted by molar-refractivity contribution is 7.92. The van der Waals surface area contributed by atoms with Gasteiger partial charge >= 0.3 is 6.09 Å². The van der Waals surface area contributed by atoms with E-state index in [4.69, 9.17) is 9.47 Å². The van der Waals surface area contributed by atoms with E-state index in [0.29, 0.717) is 25.9 Å². The fourth-order valence-electron chi connectivity index (χ4n) is 3.27. The van der Waals surface area contributed by atoms with Crippen molar-refractivity contribution in [2.45, 2.75) is 52.2 Å². The summed E-state index contributed by atoms with van der Waals surface area (Å²) in [7, 11) is -3.53. The number of nitriles is 1. The monoisotopic (exact) mass is 478 g/mol. The number of hydrogen-bond acceptors (Lipinski definition) is 7. The van der Waals surface area contributed by atoms with Crippen LogP contribution in [0.15, 0.2) is 24.1 Å². The van der Waals surface area contributed by atoms with Crippen molar-refractivity contribution in [3.63, 3.8) is 0 Å². The molecule has 0 aliphatic carbocycles. The average Bonchev–Trinajstić information content (AvgIpc) is 2.71. The van der Waals surface area contributed by atoms with E-state index in [1.165, 1.54) is 0 Å². The topological polar surface area (TPSA) is 138 Å². The number of likely N-dealkylation sites (tertiary alicyclic amines) is 1. The van der Waals surface area contributed by atoms with Gasteiger partial charge in [0.2, 0.25) is 10.0 Å². The maximum atomic E-state index is 12.7. The molecule has 2 rings (SSSR count). The van der Waals surface area contributed by atoms with Gasteiger partial charge in [-0.05, 0) is 58.2 Å². The molecule has 0 atom stereocenters. The standard InChI is InChI=1S/C22H30N4O6S/c1-6-33(29,30)25-17-7-9-26(10-8-17)19(27)14-31-20-16(13-23)11-15(2)12-18(20)24-21(28)32-22(3,4)5/h6,11-12,17,25H,1,7-10,14H2,2-5H3,(H,24,28). The van der Waals surface area contributed by atoms with Gasteiger partial charge in [0.05, 0.1) is 11.3 Å². The van der Waals surface area contributed by atoms with Crippen LogP contribution in [-0.4, -0.2) is 56.7 Å². The third-order valence-corrected chi connectivity index (χ3v) is 5.83. The SMILES string of the molecule is C=CS(=O)(=O)NC1CCN(C(=O)COc2c(C#N)cc(C)cc2NC(=O)OC(C)(C)C)CC1. The molecule has 10 nitrogen and oxygen atoms in total. The summed E-state index contributed by atoms with van der Waals surface area (Å²) >= 11 is 0. The van der Waals surface area contributed by atoms with Crippen molar-refractivity contribution in [3.05, 3.63) is 35.2 Å². The number of carbonyl (C=O) groups is 2. The minimum atomic E-state index is -3.53. The fraction of sp³-hybridized carbons (Fsp3) is 0.500. The lowest BCUT2D eigenvalue weighted by Crippen LogP contribution is -2.47. The van der Waals surface area contributed by atoms with Gasteiger partial charge in [-0.15, -0.1) is 0 Å². The molecule has 180 valence electrons. The molecule has 1 heterocycles. The predicted octanol–water partition coefficient (Wildman–Crippen LogP) is 2.65. The molecule has 0 spiro atoms. The first-order chi connectivity index (χ1) is 15.3. The minimum Gasteiger partial charge on any atom is -0.480 e. The molecule has 11 heteroatoms. The lowest BCUT2D eigenvalue weighted by molar-refractivity contribution is -0.134. The molecule has 1 aromatic rings. The molecule has 1 aliphatic heterocycles. The Bertz CT molecular complexity index is 1050. The van der Waals surface area contributed by atoms with E-state index in [1.54, 1.807) is 44.7 Å². The number of benzene rings is 1. The molecule has 0 saturated carbocycles. The fourth-order valence-corrected chi connectivity index (χ4v) is 4.07. The first-order valence-corrected chi connectivity index (χ1v) is 12.0. The molecule has 2 amide bonds. The Morgan fingerprint density at radius 3 is 2.48 bits per heavy atom. The first kappa shape index (κ1) is 26.2. The van der Waals surface area contributed by atoms with Crippen LogP contribution in [-0.2, 0) is 19.6 Å². The molecule has 1 saturated heterocycles. The first-order valence-electron chi connectivity index (χ1n) is 10.4. The normalized spacial score (nSPS) is 14.8. The van der Waals surface area contributed by atoms with Crippen molar-refractivity contribution in [1.29, 1.82) is 5.26 Å². The Balaban J connectivity index is 2.05. The number of amides is 2. The number of sulfonamides is 1. The Hall–Kier alpha value is -3.10. The van der Waals surface area contributed by atoms with E-state index in [-0.39, 0.29) is 35.6 Å². The zero-order valence-electron chi connectivity index (χ0n) is 19.3. The number of carbonyl (C=O) groups excluding carboxylic acids is 2. The van der Waals surface area contributed by atoms with Gasteiger partial charge in [-0.2, -0.15) is 5.26 Å². The molecule has 0 unspecified atom stereocenters. The molecule has 1 aromatic carbocycles. The Labute approximate surface area is 194 Å². The quantitative estimate of drug-likeness (QED) is 0.614. The maximum absolute atomic E-state index is 12.7. The summed E-state index contributed by atoms with van der Waals surface area (Å²) in [5.41, 5.74) is 0.410. The average molecular weight is 479 g/mol. The highest BCUT2D eigenvalue weighted by Gasteiger charge is 2.26. The number of hydrogen-bond donors (Lipinski definition) is 2. The van der Waals surface area contributed by atoms with Gasteiger partial charge in [-0.25, -0.2) is 17.9 Å². The van der Waals surface area contributed by atoms with Crippen LogP contribution in [0.2, 0.25) is 0 Å². The van der Waals surface area contributed by atoms with E-state index < -0.39 is 21.7 Å². The lowest BCUT2D eigenvalue weighted by atomic mass is 10.1. The molecular formula is C22H30N4O6S. The largest absolute Gasteiger partial charge is 0.480 e. The van der Waals surface area contributed by atoms with Crippen molar-refractivity contribution in [3.8, 4) is 11.8 Å². The molecule has 33 heavy (non-hydrogen) atoms. The van der Waals surface area contributed by atoms with Crippen molar-refractivity contribution in [2.75, 3.05) is 25.0 Å². The minimum absolute atomic E-state index is 0.0796. The van der Waals surface area contributed by atoms with Crippen LogP contribution < -0.4 is 14.8 Å². The van der Waals surface area contributed by atoms with Crippen LogP contribution in [0, 0.1) is 18.3 Å². The van der Waals surface area contributed by atoms with Crippen molar-refractivity contribution in [1.82, 2.24) is 9.62 Å². The third-order valence-electron chi connectivity index (χ3n) is 4.73. The zero-order valence-corrected chi connectivity index (χ0v) is 20.1. The Kier molecular flexibility index (Phi) is 8.46. The number of anilines is 1. The summed E-state index contributed by atoms with van der Waals surface area (Å²) in [5.74, 6) is -0.233. The van der Waals surface area contributed by atoms with Gasteiger partial charge in [-0.1, -0.05) is 6.58 Å². The summed E-state index contributed by atoms with van der Waals surface area (Å²) in [4.78, 5) is 26.5. The van der Waals surface area contributed by atoms with Crippen molar-refractivity contribution < 1.29 is 27.5 Å². The molecule has 1 aliphatic rings. The highest BCUT2D eigenvalue weighted by atomic mass is 32.2. The second-order valence-corrected chi connectivity index (χ2v) is 10.4. The van der Waals surface area contributed by atoms with Gasteiger partial charge < -0.3 is 14.4 Å². The Morgan fingerprint density at radius 1 is 1.30 bits per heavy atom. The van der Waals surface area contributed by atoms with E-state index in [0.717, 1.165) is 11.0 Å². The lowest BCUT2D eigenvalue weighted by Gasteiger charge is -2.32. The summed E-state index contributed by atoms with van der Waals surface area (Å²) in [6, 6.07) is 4.97. The second kappa shape index (κ2) is 10.7. The van der Waals surface area contributed by atoms with Crippen LogP contribution in [0.3, 0.4) is 0 Å². The summed E-state index contributed by atoms with van der Waals surface area (Å²) in [5, 5.41) is 13.0. The van der Waals surface area contributed by atoms with Crippen LogP contribution >= 0.6 is 0 Å². The van der Waals surface area contributed by atoms with E-state index in [2.05, 4.69) is 16.6 Å². The van der Waals surface area contributed by atoms with Gasteiger partial charge in [0, 0.05) is 24.5 Å². The second-order valence-electron chi connectivity index (χ2n) is 8.70. The highest BCUT2D eigenvalue weighted by Crippen LogP contribution is 2.31. The van der Waals surface area contributed by atoms with Gasteiger partial charge in [-0.3, -0.25) is 10.1 Å². The molecular weight excluding hydrogens is 448 g/mol. The van der Waals surface area contributed by atoms with Gasteiger partial charge in [0.15, 0.2) is 12.4 Å². The maximum Gasteiger partial charge on any atom is 0.412 e. The molecule has 1 fully saturated rings. The van der Waals surface area contributed by atoms with Gasteiger partial charge in [0.25, 0.3) is 5.91 Å². The van der Waals surface area contributed by atoms with Crippen LogP contribution in [0.1, 0.15) is 44.7 Å². The number of ether oxygens (including phenoxy) is 2. The number of aryl methyl sites for hydroxylation is 1. The number of nitrogens with zero attached hydrogens (tertiary/aromatic N) is 2. The molecule has 0 aromatic heterocycles. The summed E-state index contributed by atoms with van der Waals surface area (Å²) in [6.07, 6.45) is 0.202. The van der Waals surface area contributed by atoms with E-state index >= 15 is 0 Å². The van der Waals surface area contributed by atoms with Crippen molar-refractivity contribution >= 4 is 27.7 Å². The number of rotatable bonds is 7. The zero-order chi connectivity index (χ0) is 24.8. The van der Waals surface area contributed by atoms with Gasteiger partial charge in [0.1, 0.15) is 11.7 Å². The van der Waals surface area contributed by atoms with Crippen LogP contribution in [0.4, 0.5) is 10.5 Å². The molecule has 0 radical (unpaired) electrons. The molecule has 0 bridgehead atoms. The van der Waals surface area contributed by atoms with Crippen LogP contribution in [0.5, 0.6) is 5.75 Å². The smallest absolute Gasteiger partial charge is 0.412 e.